The Morgan fingerprint density at radius 1 is 1.19 bits per heavy atom. The number of nitrogens with two attached hydrogens (primary N) is 1. The zero-order valence-electron chi connectivity index (χ0n) is 16.3. The Morgan fingerprint density at radius 3 is 2.73 bits per heavy atom. The molecule has 7 atom stereocenters. The van der Waals surface area contributed by atoms with Gasteiger partial charge in [-0.3, -0.25) is 8.98 Å². The molecule has 0 radical (unpaired) electrons. The minimum atomic E-state index is 0.210. The average Bonchev–Trinajstić information content (AvgIpc) is 2.97. The van der Waals surface area contributed by atoms with Gasteiger partial charge in [-0.05, 0) is 86.9 Å². The first-order valence-corrected chi connectivity index (χ1v) is 11.0. The number of allylic oxidation sites excluding steroid dienone is 1. The van der Waals surface area contributed by atoms with Crippen LogP contribution >= 0.6 is 12.3 Å². The lowest BCUT2D eigenvalue weighted by molar-refractivity contribution is -0.127. The minimum absolute atomic E-state index is 0.210. The van der Waals surface area contributed by atoms with Crippen molar-refractivity contribution in [1.82, 2.24) is 0 Å². The van der Waals surface area contributed by atoms with E-state index < -0.39 is 0 Å². The van der Waals surface area contributed by atoms with Crippen molar-refractivity contribution in [2.24, 2.45) is 40.4 Å². The molecule has 0 saturated heterocycles. The highest BCUT2D eigenvalue weighted by Crippen LogP contribution is 2.66. The van der Waals surface area contributed by atoms with Gasteiger partial charge in [0.25, 0.3) is 0 Å². The number of ketones is 1. The first-order valence-electron chi connectivity index (χ1n) is 10.3. The third-order valence-electron chi connectivity index (χ3n) is 8.76. The summed E-state index contributed by atoms with van der Waals surface area (Å²) >= 11 is 0.909. The maximum atomic E-state index is 12.2. The number of carbonyl (C=O) groups is 1. The Kier molecular flexibility index (Phi) is 5.04. The SMILES string of the molecule is CC(=O)C1CCC2C3CC=C4CC(OSON)CCC4(C)C3CCC12C. The van der Waals surface area contributed by atoms with Gasteiger partial charge in [0, 0.05) is 5.92 Å². The summed E-state index contributed by atoms with van der Waals surface area (Å²) in [7, 11) is 0. The van der Waals surface area contributed by atoms with E-state index in [4.69, 9.17) is 10.1 Å². The molecular weight excluding hydrogens is 346 g/mol. The molecule has 0 aromatic heterocycles. The summed E-state index contributed by atoms with van der Waals surface area (Å²) in [5, 5.41) is 0. The van der Waals surface area contributed by atoms with E-state index in [0.717, 1.165) is 49.3 Å². The van der Waals surface area contributed by atoms with Gasteiger partial charge in [-0.15, -0.1) is 0 Å². The van der Waals surface area contributed by atoms with Crippen LogP contribution in [0.25, 0.3) is 0 Å². The summed E-state index contributed by atoms with van der Waals surface area (Å²) in [6.45, 7) is 6.73. The molecule has 4 rings (SSSR count). The Hall–Kier alpha value is -0.360. The topological polar surface area (TPSA) is 61.5 Å². The van der Waals surface area contributed by atoms with Crippen LogP contribution in [0.3, 0.4) is 0 Å². The zero-order valence-corrected chi connectivity index (χ0v) is 17.1. The summed E-state index contributed by atoms with van der Waals surface area (Å²) < 4.78 is 10.2. The lowest BCUT2D eigenvalue weighted by Crippen LogP contribution is -2.51. The van der Waals surface area contributed by atoms with Gasteiger partial charge in [0.15, 0.2) is 12.3 Å². The Balaban J connectivity index is 1.56. The third-order valence-corrected chi connectivity index (χ3v) is 9.19. The van der Waals surface area contributed by atoms with Crippen molar-refractivity contribution in [2.75, 3.05) is 0 Å². The average molecular weight is 380 g/mol. The molecule has 146 valence electrons. The van der Waals surface area contributed by atoms with Gasteiger partial charge in [-0.25, -0.2) is 4.28 Å². The zero-order chi connectivity index (χ0) is 18.5. The van der Waals surface area contributed by atoms with Gasteiger partial charge in [0.05, 0.1) is 6.10 Å². The van der Waals surface area contributed by atoms with Crippen LogP contribution in [0.4, 0.5) is 0 Å². The summed E-state index contributed by atoms with van der Waals surface area (Å²) in [4.78, 5) is 12.2. The monoisotopic (exact) mass is 379 g/mol. The van der Waals surface area contributed by atoms with Crippen LogP contribution < -0.4 is 5.90 Å². The maximum absolute atomic E-state index is 12.2. The van der Waals surface area contributed by atoms with Crippen molar-refractivity contribution in [3.63, 3.8) is 0 Å². The predicted molar refractivity (Wildman–Crippen MR) is 104 cm³/mol. The second-order valence-corrected chi connectivity index (χ2v) is 10.2. The molecular formula is C21H33NO3S. The maximum Gasteiger partial charge on any atom is 0.178 e. The fourth-order valence-corrected chi connectivity index (χ4v) is 7.78. The van der Waals surface area contributed by atoms with Crippen molar-refractivity contribution in [2.45, 2.75) is 78.2 Å². The highest BCUT2D eigenvalue weighted by molar-refractivity contribution is 7.89. The van der Waals surface area contributed by atoms with Crippen molar-refractivity contribution in [3.05, 3.63) is 11.6 Å². The third kappa shape index (κ3) is 2.81. The largest absolute Gasteiger partial charge is 0.300 e. The molecule has 0 heterocycles. The summed E-state index contributed by atoms with van der Waals surface area (Å²) in [5.74, 6) is 8.05. The van der Waals surface area contributed by atoms with E-state index in [1.807, 2.05) is 6.92 Å². The molecule has 3 saturated carbocycles. The second kappa shape index (κ2) is 6.91. The molecule has 7 unspecified atom stereocenters. The highest BCUT2D eigenvalue weighted by atomic mass is 32.2. The van der Waals surface area contributed by atoms with Crippen molar-refractivity contribution >= 4 is 18.1 Å². The minimum Gasteiger partial charge on any atom is -0.300 e. The number of rotatable bonds is 4. The fourth-order valence-electron chi connectivity index (χ4n) is 7.46. The summed E-state index contributed by atoms with van der Waals surface area (Å²) in [5.41, 5.74) is 2.15. The van der Waals surface area contributed by atoms with Crippen LogP contribution in [-0.2, 0) is 13.3 Å². The summed E-state index contributed by atoms with van der Waals surface area (Å²) in [6, 6.07) is 0. The van der Waals surface area contributed by atoms with Gasteiger partial charge in [-0.1, -0.05) is 25.5 Å². The van der Waals surface area contributed by atoms with Gasteiger partial charge in [-0.2, -0.15) is 5.90 Å². The quantitative estimate of drug-likeness (QED) is 0.423. The molecule has 5 heteroatoms. The van der Waals surface area contributed by atoms with Crippen LogP contribution in [0.1, 0.15) is 72.1 Å². The lowest BCUT2D eigenvalue weighted by atomic mass is 9.47. The van der Waals surface area contributed by atoms with Gasteiger partial charge < -0.3 is 0 Å². The normalized spacial score (nSPS) is 47.5. The number of hydrogen-bond donors (Lipinski definition) is 1. The van der Waals surface area contributed by atoms with Crippen LogP contribution in [0.2, 0.25) is 0 Å². The van der Waals surface area contributed by atoms with Crippen LogP contribution in [0, 0.1) is 34.5 Å². The van der Waals surface area contributed by atoms with Crippen LogP contribution in [-0.4, -0.2) is 11.9 Å². The van der Waals surface area contributed by atoms with Crippen molar-refractivity contribution < 1.29 is 13.3 Å². The highest BCUT2D eigenvalue weighted by Gasteiger charge is 2.59. The smallest absolute Gasteiger partial charge is 0.178 e. The summed E-state index contributed by atoms with van der Waals surface area (Å²) in [6.07, 6.45) is 12.1. The van der Waals surface area contributed by atoms with E-state index in [1.54, 1.807) is 5.57 Å². The molecule has 0 spiro atoms. The molecule has 0 aliphatic heterocycles. The first kappa shape index (κ1) is 19.0. The van der Waals surface area contributed by atoms with Crippen LogP contribution in [0.5, 0.6) is 0 Å². The molecule has 0 bridgehead atoms. The first-order chi connectivity index (χ1) is 12.4. The van der Waals surface area contributed by atoms with Gasteiger partial charge in [0.1, 0.15) is 5.78 Å². The predicted octanol–water partition coefficient (Wildman–Crippen LogP) is 4.99. The molecule has 4 aliphatic rings. The van der Waals surface area contributed by atoms with E-state index in [2.05, 4.69) is 24.2 Å². The molecule has 4 aliphatic carbocycles. The Bertz CT molecular complexity index is 608. The van der Waals surface area contributed by atoms with E-state index in [0.29, 0.717) is 17.1 Å². The van der Waals surface area contributed by atoms with E-state index in [-0.39, 0.29) is 11.5 Å². The molecule has 0 aromatic rings. The number of Topliss-reactive ketones (excluding diaryl/α,β-unsaturated/α-hetero) is 1. The molecule has 2 N–H and O–H groups in total. The van der Waals surface area contributed by atoms with E-state index in [1.165, 1.54) is 32.1 Å². The molecule has 3 fully saturated rings. The molecule has 0 amide bonds. The lowest BCUT2D eigenvalue weighted by Gasteiger charge is -2.58. The van der Waals surface area contributed by atoms with Crippen LogP contribution in [0.15, 0.2) is 11.6 Å². The van der Waals surface area contributed by atoms with E-state index >= 15 is 0 Å². The van der Waals surface area contributed by atoms with Crippen molar-refractivity contribution in [1.29, 1.82) is 0 Å². The number of hydrogen-bond acceptors (Lipinski definition) is 5. The molecule has 0 aromatic carbocycles. The Morgan fingerprint density at radius 2 is 2.00 bits per heavy atom. The molecule has 4 nitrogen and oxygen atoms in total. The Labute approximate surface area is 162 Å². The number of fused-ring (bicyclic) bond motifs is 5. The van der Waals surface area contributed by atoms with E-state index in [9.17, 15) is 4.79 Å². The fraction of sp³-hybridized carbons (Fsp3) is 0.857. The van der Waals surface area contributed by atoms with Gasteiger partial charge >= 0.3 is 0 Å². The number of carbonyl (C=O) groups excluding carboxylic acids is 1. The van der Waals surface area contributed by atoms with Gasteiger partial charge in [0.2, 0.25) is 0 Å². The molecule has 26 heavy (non-hydrogen) atoms. The second-order valence-electron chi connectivity index (χ2n) is 9.67. The van der Waals surface area contributed by atoms with Crippen molar-refractivity contribution in [3.8, 4) is 0 Å². The standard InChI is InChI=1S/C21H33NO3S/c1-13(23)17-6-7-18-16-5-4-14-12-15(24-26-25-22)8-10-20(14,2)19(16)9-11-21(17,18)3/h4,15-19H,5-12,22H2,1-3H3.